The van der Waals surface area contributed by atoms with Crippen molar-refractivity contribution in [3.63, 3.8) is 0 Å². The molecule has 2 aliphatic rings. The highest BCUT2D eigenvalue weighted by molar-refractivity contribution is 7.93. The number of nitrogens with zero attached hydrogens (tertiary/aromatic N) is 4. The maximum atomic E-state index is 13.9. The molecule has 0 atom stereocenters. The van der Waals surface area contributed by atoms with Crippen LogP contribution in [0.2, 0.25) is 0 Å². The van der Waals surface area contributed by atoms with E-state index in [0.717, 1.165) is 8.61 Å². The molecule has 0 radical (unpaired) electrons. The van der Waals surface area contributed by atoms with Crippen LogP contribution in [0.4, 0.5) is 11.4 Å². The predicted molar refractivity (Wildman–Crippen MR) is 159 cm³/mol. The molecule has 2 heterocycles. The molecule has 0 spiro atoms. The molecule has 6 rings (SSSR count). The zero-order chi connectivity index (χ0) is 30.9. The first-order valence-electron chi connectivity index (χ1n) is 13.4. The molecular formula is C30H24N4O8S2. The monoisotopic (exact) mass is 632 g/mol. The maximum absolute atomic E-state index is 13.9. The van der Waals surface area contributed by atoms with Crippen LogP contribution in [0.15, 0.2) is 82.6 Å². The minimum atomic E-state index is -4.30. The summed E-state index contributed by atoms with van der Waals surface area (Å²) in [5, 5.41) is 20.0. The van der Waals surface area contributed by atoms with Crippen LogP contribution in [-0.4, -0.2) is 56.4 Å². The lowest BCUT2D eigenvalue weighted by Gasteiger charge is -2.28. The maximum Gasteiger partial charge on any atom is 0.265 e. The van der Waals surface area contributed by atoms with Crippen LogP contribution in [0.25, 0.3) is 10.8 Å². The van der Waals surface area contributed by atoms with Gasteiger partial charge in [-0.25, -0.2) is 16.8 Å². The van der Waals surface area contributed by atoms with Crippen molar-refractivity contribution in [2.24, 2.45) is 0 Å². The molecule has 44 heavy (non-hydrogen) atoms. The molecule has 0 fully saturated rings. The molecule has 4 aromatic carbocycles. The Kier molecular flexibility index (Phi) is 7.55. The van der Waals surface area contributed by atoms with Crippen LogP contribution in [0.1, 0.15) is 0 Å². The van der Waals surface area contributed by atoms with Gasteiger partial charge in [0.2, 0.25) is 0 Å². The first-order valence-corrected chi connectivity index (χ1v) is 16.2. The molecule has 14 heteroatoms. The Morgan fingerprint density at radius 3 is 1.34 bits per heavy atom. The van der Waals surface area contributed by atoms with Gasteiger partial charge in [0, 0.05) is 22.9 Å². The lowest BCUT2D eigenvalue weighted by Crippen LogP contribution is -2.33. The fourth-order valence-electron chi connectivity index (χ4n) is 5.05. The van der Waals surface area contributed by atoms with Crippen LogP contribution < -0.4 is 27.6 Å². The molecule has 12 nitrogen and oxygen atoms in total. The van der Waals surface area contributed by atoms with Gasteiger partial charge in [0.15, 0.2) is 23.0 Å². The van der Waals surface area contributed by atoms with Gasteiger partial charge in [-0.2, -0.15) is 10.5 Å². The summed E-state index contributed by atoms with van der Waals surface area (Å²) in [4.78, 5) is -0.227. The van der Waals surface area contributed by atoms with E-state index in [9.17, 15) is 27.4 Å². The van der Waals surface area contributed by atoms with Gasteiger partial charge in [-0.3, -0.25) is 8.61 Å². The number of fused-ring (bicyclic) bond motifs is 3. The Bertz CT molecular complexity index is 1920. The minimum absolute atomic E-state index is 0.113. The summed E-state index contributed by atoms with van der Waals surface area (Å²) in [6.45, 7) is 0.142. The standard InChI is InChI=1S/C30H24N4O8S2/c31-11-13-33(43(35,36)21-5-9-27-29(19-21)41-17-15-39-27)25-7-8-26(24-4-2-1-3-23(24)25)34(14-12-32)44(37,38)22-6-10-28-30(20-22)42-18-16-40-28/h1-10,19-20H,13-18H2. The number of rotatable bonds is 8. The summed E-state index contributed by atoms with van der Waals surface area (Å²) in [7, 11) is -8.60. The van der Waals surface area contributed by atoms with Crippen LogP contribution in [0.5, 0.6) is 23.0 Å². The minimum Gasteiger partial charge on any atom is -0.486 e. The Morgan fingerprint density at radius 1 is 0.568 bits per heavy atom. The van der Waals surface area contributed by atoms with E-state index in [-0.39, 0.29) is 45.9 Å². The predicted octanol–water partition coefficient (Wildman–Crippen LogP) is 3.82. The fourth-order valence-corrected chi connectivity index (χ4v) is 7.85. The van der Waals surface area contributed by atoms with Gasteiger partial charge in [-0.1, -0.05) is 24.3 Å². The molecule has 2 aliphatic heterocycles. The zero-order valence-electron chi connectivity index (χ0n) is 23.0. The van der Waals surface area contributed by atoms with Gasteiger partial charge in [0.25, 0.3) is 20.0 Å². The Labute approximate surface area is 253 Å². The van der Waals surface area contributed by atoms with Crippen LogP contribution in [0.3, 0.4) is 0 Å². The highest BCUT2D eigenvalue weighted by Crippen LogP contribution is 2.40. The average Bonchev–Trinajstić information content (AvgIpc) is 3.05. The number of benzene rings is 4. The molecule has 224 valence electrons. The Morgan fingerprint density at radius 2 is 0.955 bits per heavy atom. The molecule has 0 aliphatic carbocycles. The number of sulfonamides is 2. The van der Waals surface area contributed by atoms with Crippen molar-refractivity contribution in [2.45, 2.75) is 9.79 Å². The van der Waals surface area contributed by atoms with E-state index >= 15 is 0 Å². The highest BCUT2D eigenvalue weighted by atomic mass is 32.2. The molecule has 0 amide bonds. The second kappa shape index (κ2) is 11.5. The summed E-state index contributed by atoms with van der Waals surface area (Å²) in [5.41, 5.74) is 0.295. The first kappa shape index (κ1) is 28.9. The molecule has 0 bridgehead atoms. The summed E-state index contributed by atoms with van der Waals surface area (Å²) in [6.07, 6.45) is 0. The van der Waals surface area contributed by atoms with E-state index in [1.165, 1.54) is 48.5 Å². The van der Waals surface area contributed by atoms with E-state index < -0.39 is 33.1 Å². The van der Waals surface area contributed by atoms with Gasteiger partial charge < -0.3 is 18.9 Å². The van der Waals surface area contributed by atoms with Gasteiger partial charge in [-0.05, 0) is 36.4 Å². The summed E-state index contributed by atoms with van der Waals surface area (Å²) < 4.78 is 79.8. The third-order valence-electron chi connectivity index (χ3n) is 7.05. The van der Waals surface area contributed by atoms with E-state index in [0.29, 0.717) is 35.5 Å². The Balaban J connectivity index is 1.46. The molecule has 0 saturated carbocycles. The SMILES string of the molecule is N#CCN(c1ccc(N(CC#N)S(=O)(=O)c2ccc3c(c2)OCCO3)c2ccccc12)S(=O)(=O)c1ccc2c(c1)OCCO2. The number of anilines is 2. The van der Waals surface area contributed by atoms with Gasteiger partial charge >= 0.3 is 0 Å². The van der Waals surface area contributed by atoms with Gasteiger partial charge in [0.05, 0.1) is 33.3 Å². The summed E-state index contributed by atoms with van der Waals surface area (Å²) in [5.74, 6) is 1.36. The lowest BCUT2D eigenvalue weighted by molar-refractivity contribution is 0.171. The molecule has 0 unspecified atom stereocenters. The lowest BCUT2D eigenvalue weighted by atomic mass is 10.1. The van der Waals surface area contributed by atoms with Crippen molar-refractivity contribution >= 4 is 42.2 Å². The van der Waals surface area contributed by atoms with Crippen molar-refractivity contribution in [2.75, 3.05) is 48.1 Å². The third-order valence-corrected chi connectivity index (χ3v) is 10.6. The molecule has 4 aromatic rings. The fraction of sp³-hybridized carbons (Fsp3) is 0.200. The smallest absolute Gasteiger partial charge is 0.265 e. The number of nitriles is 2. The second-order valence-electron chi connectivity index (χ2n) is 9.60. The quantitative estimate of drug-likeness (QED) is 0.261. The van der Waals surface area contributed by atoms with E-state index in [2.05, 4.69) is 0 Å². The van der Waals surface area contributed by atoms with Gasteiger partial charge in [0.1, 0.15) is 39.5 Å². The topological polar surface area (TPSA) is 159 Å². The molecule has 0 aromatic heterocycles. The number of ether oxygens (including phenoxy) is 4. The normalized spacial score (nSPS) is 13.9. The van der Waals surface area contributed by atoms with Crippen molar-refractivity contribution in [3.8, 4) is 35.1 Å². The first-order chi connectivity index (χ1) is 21.3. The summed E-state index contributed by atoms with van der Waals surface area (Å²) in [6, 6.07) is 21.7. The average molecular weight is 633 g/mol. The molecular weight excluding hydrogens is 608 g/mol. The summed E-state index contributed by atoms with van der Waals surface area (Å²) >= 11 is 0. The van der Waals surface area contributed by atoms with Crippen molar-refractivity contribution in [3.05, 3.63) is 72.8 Å². The third kappa shape index (κ3) is 5.04. The molecule has 0 N–H and O–H groups in total. The Hall–Kier alpha value is -5.18. The largest absolute Gasteiger partial charge is 0.486 e. The van der Waals surface area contributed by atoms with Crippen LogP contribution >= 0.6 is 0 Å². The van der Waals surface area contributed by atoms with E-state index in [4.69, 9.17) is 18.9 Å². The van der Waals surface area contributed by atoms with Gasteiger partial charge in [-0.15, -0.1) is 0 Å². The van der Waals surface area contributed by atoms with Crippen LogP contribution in [-0.2, 0) is 20.0 Å². The molecule has 0 saturated heterocycles. The highest BCUT2D eigenvalue weighted by Gasteiger charge is 2.32. The second-order valence-corrected chi connectivity index (χ2v) is 13.3. The van der Waals surface area contributed by atoms with E-state index in [1.807, 2.05) is 12.1 Å². The van der Waals surface area contributed by atoms with E-state index in [1.54, 1.807) is 24.3 Å². The van der Waals surface area contributed by atoms with Crippen molar-refractivity contribution < 1.29 is 35.8 Å². The zero-order valence-corrected chi connectivity index (χ0v) is 24.7. The number of hydrogen-bond acceptors (Lipinski definition) is 10. The van der Waals surface area contributed by atoms with Crippen molar-refractivity contribution in [1.82, 2.24) is 0 Å². The van der Waals surface area contributed by atoms with Crippen LogP contribution in [0, 0.1) is 22.7 Å². The number of hydrogen-bond donors (Lipinski definition) is 0. The van der Waals surface area contributed by atoms with Crippen molar-refractivity contribution in [1.29, 1.82) is 10.5 Å².